The number of rotatable bonds is 5. The van der Waals surface area contributed by atoms with E-state index in [1.807, 2.05) is 0 Å². The van der Waals surface area contributed by atoms with Gasteiger partial charge in [-0.25, -0.2) is 13.2 Å². The predicted molar refractivity (Wildman–Crippen MR) is 84.5 cm³/mol. The lowest BCUT2D eigenvalue weighted by molar-refractivity contribution is 0.194. The molecule has 1 aliphatic carbocycles. The number of nitrogens with zero attached hydrogens (tertiary/aromatic N) is 1. The SMILES string of the molecule is CC(CS(C)(=O)=O)N(C(=O)Nc1ccc(Cl)cc1)C1CC1. The molecule has 0 radical (unpaired) electrons. The molecule has 0 aliphatic heterocycles. The molecule has 1 aliphatic rings. The summed E-state index contributed by atoms with van der Waals surface area (Å²) in [5.74, 6) is -0.0302. The zero-order chi connectivity index (χ0) is 15.6. The van der Waals surface area contributed by atoms with Crippen molar-refractivity contribution in [2.75, 3.05) is 17.3 Å². The topological polar surface area (TPSA) is 66.5 Å². The van der Waals surface area contributed by atoms with E-state index in [-0.39, 0.29) is 23.9 Å². The first-order chi connectivity index (χ1) is 9.76. The average Bonchev–Trinajstić information content (AvgIpc) is 3.14. The van der Waals surface area contributed by atoms with Crippen LogP contribution in [0.5, 0.6) is 0 Å². The average molecular weight is 331 g/mol. The van der Waals surface area contributed by atoms with Gasteiger partial charge in [0.1, 0.15) is 9.84 Å². The molecule has 1 N–H and O–H groups in total. The van der Waals surface area contributed by atoms with Crippen LogP contribution in [0.15, 0.2) is 24.3 Å². The third-order valence-electron chi connectivity index (χ3n) is 3.29. The maximum Gasteiger partial charge on any atom is 0.322 e. The van der Waals surface area contributed by atoms with Gasteiger partial charge in [0.25, 0.3) is 0 Å². The highest BCUT2D eigenvalue weighted by Gasteiger charge is 2.36. The van der Waals surface area contributed by atoms with Gasteiger partial charge in [-0.1, -0.05) is 11.6 Å². The van der Waals surface area contributed by atoms with E-state index in [4.69, 9.17) is 11.6 Å². The second-order valence-corrected chi connectivity index (χ2v) is 8.14. The summed E-state index contributed by atoms with van der Waals surface area (Å²) in [4.78, 5) is 14.0. The second kappa shape index (κ2) is 6.23. The lowest BCUT2D eigenvalue weighted by Gasteiger charge is -2.29. The highest BCUT2D eigenvalue weighted by Crippen LogP contribution is 2.29. The van der Waals surface area contributed by atoms with Gasteiger partial charge in [-0.3, -0.25) is 0 Å². The van der Waals surface area contributed by atoms with Gasteiger partial charge in [-0.2, -0.15) is 0 Å². The van der Waals surface area contributed by atoms with Crippen LogP contribution in [0, 0.1) is 0 Å². The van der Waals surface area contributed by atoms with Crippen molar-refractivity contribution in [3.05, 3.63) is 29.3 Å². The van der Waals surface area contributed by atoms with Gasteiger partial charge < -0.3 is 10.2 Å². The summed E-state index contributed by atoms with van der Waals surface area (Å²) in [6.45, 7) is 1.76. The Morgan fingerprint density at radius 3 is 2.43 bits per heavy atom. The normalized spacial score (nSPS) is 16.3. The molecular weight excluding hydrogens is 312 g/mol. The van der Waals surface area contributed by atoms with Crippen LogP contribution in [-0.2, 0) is 9.84 Å². The van der Waals surface area contributed by atoms with Crippen molar-refractivity contribution < 1.29 is 13.2 Å². The van der Waals surface area contributed by atoms with E-state index in [0.717, 1.165) is 12.8 Å². The van der Waals surface area contributed by atoms with Gasteiger partial charge in [0.15, 0.2) is 0 Å². The molecule has 0 spiro atoms. The van der Waals surface area contributed by atoms with Gasteiger partial charge in [0.2, 0.25) is 0 Å². The molecule has 2 rings (SSSR count). The van der Waals surface area contributed by atoms with Gasteiger partial charge in [-0.05, 0) is 44.0 Å². The number of nitrogens with one attached hydrogen (secondary N) is 1. The second-order valence-electron chi connectivity index (χ2n) is 5.52. The van der Waals surface area contributed by atoms with Crippen LogP contribution in [0.3, 0.4) is 0 Å². The molecule has 0 aromatic heterocycles. The van der Waals surface area contributed by atoms with E-state index < -0.39 is 9.84 Å². The fraction of sp³-hybridized carbons (Fsp3) is 0.500. The Labute approximate surface area is 130 Å². The Kier molecular flexibility index (Phi) is 4.78. The van der Waals surface area contributed by atoms with Crippen molar-refractivity contribution >= 4 is 33.2 Å². The van der Waals surface area contributed by atoms with Gasteiger partial charge in [-0.15, -0.1) is 0 Å². The van der Waals surface area contributed by atoms with Crippen molar-refractivity contribution in [1.82, 2.24) is 4.90 Å². The molecule has 2 amide bonds. The van der Waals surface area contributed by atoms with Gasteiger partial charge in [0.05, 0.1) is 5.75 Å². The zero-order valence-electron chi connectivity index (χ0n) is 12.0. The summed E-state index contributed by atoms with van der Waals surface area (Å²) >= 11 is 5.80. The molecular formula is C14H19ClN2O3S. The van der Waals surface area contributed by atoms with E-state index in [1.165, 1.54) is 6.26 Å². The summed E-state index contributed by atoms with van der Waals surface area (Å²) in [6.07, 6.45) is 3.02. The smallest absolute Gasteiger partial charge is 0.318 e. The number of sulfone groups is 1. The Bertz CT molecular complexity index is 612. The number of halogens is 1. The number of anilines is 1. The number of carbonyl (C=O) groups excluding carboxylic acids is 1. The first-order valence-electron chi connectivity index (χ1n) is 6.79. The number of carbonyl (C=O) groups is 1. The van der Waals surface area contributed by atoms with Crippen molar-refractivity contribution in [2.24, 2.45) is 0 Å². The third-order valence-corrected chi connectivity index (χ3v) is 4.63. The fourth-order valence-corrected chi connectivity index (χ4v) is 3.48. The summed E-state index contributed by atoms with van der Waals surface area (Å²) in [5.41, 5.74) is 0.640. The summed E-state index contributed by atoms with van der Waals surface area (Å²) < 4.78 is 22.9. The minimum atomic E-state index is -3.13. The first-order valence-corrected chi connectivity index (χ1v) is 9.23. The van der Waals surface area contributed by atoms with E-state index in [0.29, 0.717) is 10.7 Å². The van der Waals surface area contributed by atoms with Crippen LogP contribution in [-0.4, -0.2) is 43.4 Å². The number of hydrogen-bond acceptors (Lipinski definition) is 3. The molecule has 0 bridgehead atoms. The van der Waals surface area contributed by atoms with Crippen molar-refractivity contribution in [2.45, 2.75) is 31.8 Å². The number of hydrogen-bond donors (Lipinski definition) is 1. The van der Waals surface area contributed by atoms with Crippen molar-refractivity contribution in [3.8, 4) is 0 Å². The summed E-state index contributed by atoms with van der Waals surface area (Å²) in [6, 6.07) is 6.33. The molecule has 21 heavy (non-hydrogen) atoms. The van der Waals surface area contributed by atoms with Crippen molar-refractivity contribution in [1.29, 1.82) is 0 Å². The van der Waals surface area contributed by atoms with Gasteiger partial charge in [0, 0.05) is 29.0 Å². The molecule has 116 valence electrons. The molecule has 5 nitrogen and oxygen atoms in total. The number of amides is 2. The van der Waals surface area contributed by atoms with Crippen LogP contribution < -0.4 is 5.32 Å². The van der Waals surface area contributed by atoms with E-state index in [2.05, 4.69) is 5.32 Å². The monoisotopic (exact) mass is 330 g/mol. The molecule has 0 heterocycles. The van der Waals surface area contributed by atoms with E-state index in [9.17, 15) is 13.2 Å². The number of urea groups is 1. The van der Waals surface area contributed by atoms with E-state index >= 15 is 0 Å². The maximum atomic E-state index is 12.4. The first kappa shape index (κ1) is 16.1. The Morgan fingerprint density at radius 1 is 1.38 bits per heavy atom. The maximum absolute atomic E-state index is 12.4. The molecule has 1 saturated carbocycles. The van der Waals surface area contributed by atoms with Crippen LogP contribution in [0.25, 0.3) is 0 Å². The van der Waals surface area contributed by atoms with Crippen LogP contribution >= 0.6 is 11.6 Å². The molecule has 1 atom stereocenters. The molecule has 1 fully saturated rings. The zero-order valence-corrected chi connectivity index (χ0v) is 13.6. The summed E-state index contributed by atoms with van der Waals surface area (Å²) in [7, 11) is -3.13. The Balaban J connectivity index is 2.07. The summed E-state index contributed by atoms with van der Waals surface area (Å²) in [5, 5.41) is 3.39. The number of benzene rings is 1. The third kappa shape index (κ3) is 4.89. The van der Waals surface area contributed by atoms with Crippen molar-refractivity contribution in [3.63, 3.8) is 0 Å². The molecule has 1 unspecified atom stereocenters. The molecule has 7 heteroatoms. The quantitative estimate of drug-likeness (QED) is 0.902. The van der Waals surface area contributed by atoms with Crippen LogP contribution in [0.2, 0.25) is 5.02 Å². The standard InChI is InChI=1S/C14H19ClN2O3S/c1-10(9-21(2,19)20)17(13-7-8-13)14(18)16-12-5-3-11(15)4-6-12/h3-6,10,13H,7-9H2,1-2H3,(H,16,18). The van der Waals surface area contributed by atoms with Gasteiger partial charge >= 0.3 is 6.03 Å². The molecule has 1 aromatic rings. The fourth-order valence-electron chi connectivity index (χ4n) is 2.32. The van der Waals surface area contributed by atoms with Crippen LogP contribution in [0.1, 0.15) is 19.8 Å². The van der Waals surface area contributed by atoms with E-state index in [1.54, 1.807) is 36.1 Å². The molecule has 0 saturated heterocycles. The highest BCUT2D eigenvalue weighted by molar-refractivity contribution is 7.90. The Morgan fingerprint density at radius 2 is 1.95 bits per heavy atom. The van der Waals surface area contributed by atoms with Crippen LogP contribution in [0.4, 0.5) is 10.5 Å². The predicted octanol–water partition coefficient (Wildman–Crippen LogP) is 2.77. The highest BCUT2D eigenvalue weighted by atomic mass is 35.5. The largest absolute Gasteiger partial charge is 0.322 e. The lowest BCUT2D eigenvalue weighted by atomic mass is 10.3. The minimum absolute atomic E-state index is 0.0302. The molecule has 1 aromatic carbocycles. The Hall–Kier alpha value is -1.27. The lowest BCUT2D eigenvalue weighted by Crippen LogP contribution is -2.45. The minimum Gasteiger partial charge on any atom is -0.318 e.